The lowest BCUT2D eigenvalue weighted by Crippen LogP contribution is -2.49. The minimum atomic E-state index is -3.62. The fourth-order valence-electron chi connectivity index (χ4n) is 2.56. The predicted molar refractivity (Wildman–Crippen MR) is 88.7 cm³/mol. The van der Waals surface area contributed by atoms with E-state index in [1.807, 2.05) is 12.1 Å². The van der Waals surface area contributed by atoms with Crippen molar-refractivity contribution in [3.05, 3.63) is 35.4 Å². The standard InChI is InChI=1S/C13H20IN3O2S/c1-10(2)11-5-3-4-6-12(11)13-9-16(20(15,18)19)7-8-17(13)14/h3-6,10,13H,7-9H2,1-2H3,(H2,15,18,19). The molecule has 7 heteroatoms. The van der Waals surface area contributed by atoms with Crippen LogP contribution in [0.3, 0.4) is 0 Å². The summed E-state index contributed by atoms with van der Waals surface area (Å²) in [7, 11) is -3.62. The van der Waals surface area contributed by atoms with E-state index in [1.165, 1.54) is 15.4 Å². The van der Waals surface area contributed by atoms with Gasteiger partial charge < -0.3 is 0 Å². The van der Waals surface area contributed by atoms with E-state index in [0.717, 1.165) is 0 Å². The molecule has 20 heavy (non-hydrogen) atoms. The summed E-state index contributed by atoms with van der Waals surface area (Å²) in [5.74, 6) is 0.404. The van der Waals surface area contributed by atoms with Gasteiger partial charge in [0.05, 0.1) is 6.04 Å². The van der Waals surface area contributed by atoms with E-state index in [1.54, 1.807) is 0 Å². The van der Waals surface area contributed by atoms with Crippen molar-refractivity contribution in [2.75, 3.05) is 19.6 Å². The molecule has 1 aromatic rings. The van der Waals surface area contributed by atoms with Gasteiger partial charge in [0.2, 0.25) is 0 Å². The van der Waals surface area contributed by atoms with Gasteiger partial charge in [-0.3, -0.25) is 0 Å². The molecule has 1 fully saturated rings. The highest BCUT2D eigenvalue weighted by Gasteiger charge is 2.32. The third-order valence-electron chi connectivity index (χ3n) is 3.61. The molecule has 0 spiro atoms. The van der Waals surface area contributed by atoms with E-state index < -0.39 is 10.2 Å². The van der Waals surface area contributed by atoms with Crippen molar-refractivity contribution in [1.82, 2.24) is 7.42 Å². The molecule has 0 aromatic heterocycles. The Morgan fingerprint density at radius 3 is 2.55 bits per heavy atom. The zero-order valence-corrected chi connectivity index (χ0v) is 14.6. The maximum Gasteiger partial charge on any atom is 0.277 e. The number of hydrogen-bond acceptors (Lipinski definition) is 3. The normalized spacial score (nSPS) is 22.4. The number of nitrogens with zero attached hydrogens (tertiary/aromatic N) is 2. The molecule has 1 aliphatic heterocycles. The van der Waals surface area contributed by atoms with Gasteiger partial charge in [-0.25, -0.2) is 8.25 Å². The summed E-state index contributed by atoms with van der Waals surface area (Å²) in [6.45, 7) is 5.83. The van der Waals surface area contributed by atoms with Crippen molar-refractivity contribution in [1.29, 1.82) is 0 Å². The van der Waals surface area contributed by atoms with E-state index >= 15 is 0 Å². The van der Waals surface area contributed by atoms with Crippen LogP contribution in [0.2, 0.25) is 0 Å². The molecule has 2 rings (SSSR count). The molecule has 0 radical (unpaired) electrons. The summed E-state index contributed by atoms with van der Waals surface area (Å²) in [6, 6.07) is 8.26. The fraction of sp³-hybridized carbons (Fsp3) is 0.538. The first-order valence-electron chi connectivity index (χ1n) is 6.60. The third-order valence-corrected chi connectivity index (χ3v) is 5.82. The van der Waals surface area contributed by atoms with Gasteiger partial charge in [0, 0.05) is 42.5 Å². The summed E-state index contributed by atoms with van der Waals surface area (Å²) in [5.41, 5.74) is 2.45. The second kappa shape index (κ2) is 6.27. The average Bonchev–Trinajstić information content (AvgIpc) is 2.38. The van der Waals surface area contributed by atoms with Gasteiger partial charge in [0.1, 0.15) is 0 Å². The van der Waals surface area contributed by atoms with Gasteiger partial charge in [-0.15, -0.1) is 0 Å². The second-order valence-corrected chi connectivity index (χ2v) is 8.11. The Bertz CT molecular complexity index is 577. The van der Waals surface area contributed by atoms with Crippen LogP contribution in [0.5, 0.6) is 0 Å². The molecule has 1 saturated heterocycles. The largest absolute Gasteiger partial charge is 0.277 e. The van der Waals surface area contributed by atoms with Gasteiger partial charge in [0.25, 0.3) is 10.2 Å². The van der Waals surface area contributed by atoms with Gasteiger partial charge in [-0.05, 0) is 17.0 Å². The molecule has 1 aliphatic rings. The lowest BCUT2D eigenvalue weighted by Gasteiger charge is -2.37. The van der Waals surface area contributed by atoms with Gasteiger partial charge in [-0.1, -0.05) is 38.1 Å². The van der Waals surface area contributed by atoms with Crippen molar-refractivity contribution in [3.63, 3.8) is 0 Å². The Labute approximate surface area is 134 Å². The van der Waals surface area contributed by atoms with Gasteiger partial charge in [0.15, 0.2) is 0 Å². The van der Waals surface area contributed by atoms with Crippen molar-refractivity contribution in [2.45, 2.75) is 25.8 Å². The smallest absolute Gasteiger partial charge is 0.237 e. The van der Waals surface area contributed by atoms with Crippen LogP contribution in [-0.4, -0.2) is 35.5 Å². The summed E-state index contributed by atoms with van der Waals surface area (Å²) < 4.78 is 26.7. The Morgan fingerprint density at radius 1 is 1.30 bits per heavy atom. The van der Waals surface area contributed by atoms with Crippen molar-refractivity contribution < 1.29 is 8.42 Å². The highest BCUT2D eigenvalue weighted by atomic mass is 127. The van der Waals surface area contributed by atoms with Crippen LogP contribution in [-0.2, 0) is 10.2 Å². The van der Waals surface area contributed by atoms with Gasteiger partial charge in [-0.2, -0.15) is 12.7 Å². The average molecular weight is 409 g/mol. The molecular weight excluding hydrogens is 389 g/mol. The number of piperazine rings is 1. The molecule has 0 aliphatic carbocycles. The molecule has 112 valence electrons. The number of rotatable bonds is 3. The first kappa shape index (κ1) is 16.2. The first-order chi connectivity index (χ1) is 9.30. The molecule has 5 nitrogen and oxygen atoms in total. The molecule has 1 atom stereocenters. The van der Waals surface area contributed by atoms with Crippen molar-refractivity contribution in [2.24, 2.45) is 5.14 Å². The molecule has 0 bridgehead atoms. The van der Waals surface area contributed by atoms with E-state index in [-0.39, 0.29) is 6.04 Å². The zero-order chi connectivity index (χ0) is 14.9. The molecule has 1 aromatic carbocycles. The summed E-state index contributed by atoms with van der Waals surface area (Å²) >= 11 is 2.27. The highest BCUT2D eigenvalue weighted by molar-refractivity contribution is 14.1. The number of benzene rings is 1. The SMILES string of the molecule is CC(C)c1ccccc1C1CN(S(N)(=O)=O)CCN1I. The number of hydrogen-bond donors (Lipinski definition) is 1. The van der Waals surface area contributed by atoms with Crippen LogP contribution in [0.1, 0.15) is 36.9 Å². The zero-order valence-electron chi connectivity index (χ0n) is 11.7. The Balaban J connectivity index is 2.35. The van der Waals surface area contributed by atoms with Crippen LogP contribution < -0.4 is 5.14 Å². The molecule has 2 N–H and O–H groups in total. The van der Waals surface area contributed by atoms with Crippen molar-refractivity contribution in [3.8, 4) is 0 Å². The summed E-state index contributed by atoms with van der Waals surface area (Å²) in [4.78, 5) is 0. The van der Waals surface area contributed by atoms with Crippen molar-refractivity contribution >= 4 is 33.1 Å². The Kier molecular flexibility index (Phi) is 5.06. The van der Waals surface area contributed by atoms with Crippen LogP contribution in [0.25, 0.3) is 0 Å². The first-order valence-corrected chi connectivity index (χ1v) is 9.06. The highest BCUT2D eigenvalue weighted by Crippen LogP contribution is 2.33. The summed E-state index contributed by atoms with van der Waals surface area (Å²) in [5, 5.41) is 5.27. The molecule has 0 amide bonds. The quantitative estimate of drug-likeness (QED) is 0.614. The molecule has 0 saturated carbocycles. The van der Waals surface area contributed by atoms with Crippen LogP contribution >= 0.6 is 22.9 Å². The number of halogens is 1. The monoisotopic (exact) mass is 409 g/mol. The van der Waals surface area contributed by atoms with Crippen LogP contribution in [0.4, 0.5) is 0 Å². The van der Waals surface area contributed by atoms with Crippen LogP contribution in [0, 0.1) is 0 Å². The number of nitrogens with two attached hydrogens (primary N) is 1. The minimum Gasteiger partial charge on any atom is -0.237 e. The molecule has 1 unspecified atom stereocenters. The summed E-state index contributed by atoms with van der Waals surface area (Å²) in [6.07, 6.45) is 0. The lowest BCUT2D eigenvalue weighted by atomic mass is 9.92. The van der Waals surface area contributed by atoms with E-state index in [2.05, 4.69) is 52.0 Å². The molecule has 1 heterocycles. The van der Waals surface area contributed by atoms with E-state index in [4.69, 9.17) is 5.14 Å². The topological polar surface area (TPSA) is 66.6 Å². The predicted octanol–water partition coefficient (Wildman–Crippen LogP) is 2.02. The maximum absolute atomic E-state index is 11.6. The second-order valence-electron chi connectivity index (χ2n) is 5.33. The van der Waals surface area contributed by atoms with Gasteiger partial charge >= 0.3 is 0 Å². The van der Waals surface area contributed by atoms with Crippen LogP contribution in [0.15, 0.2) is 24.3 Å². The Hall–Kier alpha value is -0.220. The maximum atomic E-state index is 11.6. The fourth-order valence-corrected chi connectivity index (χ4v) is 3.93. The molecular formula is C13H20IN3O2S. The third kappa shape index (κ3) is 3.51. The van der Waals surface area contributed by atoms with E-state index in [0.29, 0.717) is 25.6 Å². The minimum absolute atomic E-state index is 0.0428. The van der Waals surface area contributed by atoms with E-state index in [9.17, 15) is 8.42 Å². The lowest BCUT2D eigenvalue weighted by molar-refractivity contribution is 0.232. The Morgan fingerprint density at radius 2 is 1.95 bits per heavy atom.